The third kappa shape index (κ3) is 2.71. The average molecular weight is 228 g/mol. The van der Waals surface area contributed by atoms with E-state index in [9.17, 15) is 0 Å². The molecule has 0 aliphatic carbocycles. The summed E-state index contributed by atoms with van der Waals surface area (Å²) in [5, 5.41) is 17.5. The summed E-state index contributed by atoms with van der Waals surface area (Å²) in [6.45, 7) is 0. The van der Waals surface area contributed by atoms with Gasteiger partial charge in [-0.2, -0.15) is 0 Å². The van der Waals surface area contributed by atoms with Gasteiger partial charge in [-0.3, -0.25) is 0 Å². The monoisotopic (exact) mass is 228 g/mol. The van der Waals surface area contributed by atoms with E-state index in [0.29, 0.717) is 5.75 Å². The maximum atomic E-state index is 8.76. The van der Waals surface area contributed by atoms with Crippen molar-refractivity contribution in [2.45, 2.75) is 0 Å². The van der Waals surface area contributed by atoms with Crippen LogP contribution in [0.1, 0.15) is 0 Å². The Hall–Kier alpha value is -1.60. The van der Waals surface area contributed by atoms with Crippen LogP contribution in [0.4, 0.5) is 0 Å². The van der Waals surface area contributed by atoms with Gasteiger partial charge in [-0.15, -0.1) is 0 Å². The molecule has 0 amide bonds. The van der Waals surface area contributed by atoms with Crippen LogP contribution in [0.25, 0.3) is 0 Å². The topological polar surface area (TPSA) is 77.4 Å². The van der Waals surface area contributed by atoms with Gasteiger partial charge >= 0.3 is 7.32 Å². The highest BCUT2D eigenvalue weighted by Crippen LogP contribution is 2.41. The Morgan fingerprint density at radius 1 is 0.938 bits per heavy atom. The van der Waals surface area contributed by atoms with Gasteiger partial charge in [-0.25, -0.2) is 0 Å². The van der Waals surface area contributed by atoms with Crippen molar-refractivity contribution in [2.24, 2.45) is 0 Å². The average Bonchev–Trinajstić information content (AvgIpc) is 2.28. The van der Waals surface area contributed by atoms with Crippen molar-refractivity contribution in [1.82, 2.24) is 0 Å². The van der Waals surface area contributed by atoms with Crippen LogP contribution in [-0.2, 0) is 0 Å². The van der Waals surface area contributed by atoms with Crippen LogP contribution in [0.5, 0.6) is 23.0 Å². The summed E-state index contributed by atoms with van der Waals surface area (Å²) in [7, 11) is 2.39. The van der Waals surface area contributed by atoms with Crippen LogP contribution >= 0.6 is 0 Å². The maximum absolute atomic E-state index is 8.76. The third-order valence-electron chi connectivity index (χ3n) is 1.89. The van der Waals surface area contributed by atoms with Crippen molar-refractivity contribution in [1.29, 1.82) is 0 Å². The molecule has 0 bridgehead atoms. The number of benzene rings is 1. The Morgan fingerprint density at radius 2 is 1.44 bits per heavy atom. The third-order valence-corrected chi connectivity index (χ3v) is 1.89. The fraction of sp³-hybridized carbons (Fsp3) is 0.333. The lowest BCUT2D eigenvalue weighted by Crippen LogP contribution is -2.21. The standard InChI is InChI=1S/C9H13BO6/c1-13-6-4-7(14-2)9(16-10(11)12)8(5-6)15-3/h4-5,11-12H,1-3H3. The SMILES string of the molecule is COc1cc(OC)c(OB(O)O)c(OC)c1. The molecule has 6 nitrogen and oxygen atoms in total. The zero-order chi connectivity index (χ0) is 12.1. The first-order valence-corrected chi connectivity index (χ1v) is 4.45. The second kappa shape index (κ2) is 5.48. The highest BCUT2D eigenvalue weighted by molar-refractivity contribution is 6.34. The molecule has 0 unspecified atom stereocenters. The molecule has 0 radical (unpaired) electrons. The number of methoxy groups -OCH3 is 3. The minimum absolute atomic E-state index is 0.0980. The molecule has 2 N–H and O–H groups in total. The molecule has 0 aromatic heterocycles. The quantitative estimate of drug-likeness (QED) is 0.694. The zero-order valence-electron chi connectivity index (χ0n) is 9.26. The van der Waals surface area contributed by atoms with Crippen molar-refractivity contribution < 1.29 is 28.9 Å². The van der Waals surface area contributed by atoms with Crippen LogP contribution in [0.15, 0.2) is 12.1 Å². The highest BCUT2D eigenvalue weighted by Gasteiger charge is 2.20. The fourth-order valence-electron chi connectivity index (χ4n) is 1.20. The molecular formula is C9H13BO6. The van der Waals surface area contributed by atoms with E-state index in [4.69, 9.17) is 28.9 Å². The lowest BCUT2D eigenvalue weighted by atomic mass is 10.2. The van der Waals surface area contributed by atoms with Crippen LogP contribution in [0.2, 0.25) is 0 Å². The van der Waals surface area contributed by atoms with Gasteiger partial charge in [0.1, 0.15) is 5.75 Å². The molecule has 88 valence electrons. The van der Waals surface area contributed by atoms with Crippen molar-refractivity contribution in [3.63, 3.8) is 0 Å². The molecule has 1 aromatic rings. The van der Waals surface area contributed by atoms with Crippen molar-refractivity contribution in [3.8, 4) is 23.0 Å². The van der Waals surface area contributed by atoms with Gasteiger partial charge in [0.25, 0.3) is 0 Å². The van der Waals surface area contributed by atoms with Gasteiger partial charge < -0.3 is 28.9 Å². The van der Waals surface area contributed by atoms with E-state index in [2.05, 4.69) is 0 Å². The predicted octanol–water partition coefficient (Wildman–Crippen LogP) is 0.0607. The van der Waals surface area contributed by atoms with Crippen LogP contribution in [0.3, 0.4) is 0 Å². The normalized spacial score (nSPS) is 9.56. The molecule has 0 heterocycles. The summed E-state index contributed by atoms with van der Waals surface area (Å²) >= 11 is 0. The Kier molecular flexibility index (Phi) is 4.27. The van der Waals surface area contributed by atoms with E-state index in [0.717, 1.165) is 0 Å². The van der Waals surface area contributed by atoms with E-state index in [1.54, 1.807) is 12.1 Å². The Balaban J connectivity index is 3.20. The molecule has 0 saturated carbocycles. The molecule has 7 heteroatoms. The minimum atomic E-state index is -1.95. The summed E-state index contributed by atoms with van der Waals surface area (Å²) in [4.78, 5) is 0. The predicted molar refractivity (Wildman–Crippen MR) is 56.9 cm³/mol. The molecule has 1 aromatic carbocycles. The number of ether oxygens (including phenoxy) is 3. The first-order chi connectivity index (χ1) is 7.62. The van der Waals surface area contributed by atoms with Crippen molar-refractivity contribution in [2.75, 3.05) is 21.3 Å². The summed E-state index contributed by atoms with van der Waals surface area (Å²) in [6, 6.07) is 3.08. The van der Waals surface area contributed by atoms with Gasteiger partial charge in [0.15, 0.2) is 17.2 Å². The van der Waals surface area contributed by atoms with Gasteiger partial charge in [-0.05, 0) is 0 Å². The lowest BCUT2D eigenvalue weighted by Gasteiger charge is -2.15. The Morgan fingerprint density at radius 3 is 1.75 bits per heavy atom. The molecule has 16 heavy (non-hydrogen) atoms. The van der Waals surface area contributed by atoms with Crippen LogP contribution in [0, 0.1) is 0 Å². The molecule has 0 aliphatic heterocycles. The smallest absolute Gasteiger partial charge is 0.506 e. The van der Waals surface area contributed by atoms with E-state index in [1.165, 1.54) is 21.3 Å². The van der Waals surface area contributed by atoms with Gasteiger partial charge in [-0.1, -0.05) is 0 Å². The molecule has 0 spiro atoms. The van der Waals surface area contributed by atoms with Crippen molar-refractivity contribution in [3.05, 3.63) is 12.1 Å². The summed E-state index contributed by atoms with van der Waals surface area (Å²) in [5.41, 5.74) is 0. The number of rotatable bonds is 5. The molecule has 1 rings (SSSR count). The molecule has 0 atom stereocenters. The maximum Gasteiger partial charge on any atom is 0.707 e. The molecule has 0 saturated heterocycles. The summed E-state index contributed by atoms with van der Waals surface area (Å²) < 4.78 is 19.8. The van der Waals surface area contributed by atoms with E-state index in [-0.39, 0.29) is 17.2 Å². The van der Waals surface area contributed by atoms with Gasteiger partial charge in [0, 0.05) is 12.1 Å². The number of hydrogen-bond acceptors (Lipinski definition) is 6. The first-order valence-electron chi connectivity index (χ1n) is 4.45. The van der Waals surface area contributed by atoms with Crippen LogP contribution in [-0.4, -0.2) is 38.7 Å². The van der Waals surface area contributed by atoms with E-state index >= 15 is 0 Å². The lowest BCUT2D eigenvalue weighted by molar-refractivity contribution is 0.268. The van der Waals surface area contributed by atoms with Crippen LogP contribution < -0.4 is 18.9 Å². The van der Waals surface area contributed by atoms with E-state index in [1.807, 2.05) is 0 Å². The minimum Gasteiger partial charge on any atom is -0.506 e. The second-order valence-electron chi connectivity index (χ2n) is 2.81. The largest absolute Gasteiger partial charge is 0.707 e. The summed E-state index contributed by atoms with van der Waals surface area (Å²) in [6.07, 6.45) is 0. The molecule has 0 fully saturated rings. The van der Waals surface area contributed by atoms with Gasteiger partial charge in [0.05, 0.1) is 21.3 Å². The van der Waals surface area contributed by atoms with E-state index < -0.39 is 7.32 Å². The zero-order valence-corrected chi connectivity index (χ0v) is 9.26. The fourth-order valence-corrected chi connectivity index (χ4v) is 1.20. The number of hydrogen-bond donors (Lipinski definition) is 2. The van der Waals surface area contributed by atoms with Gasteiger partial charge in [0.2, 0.25) is 0 Å². The second-order valence-corrected chi connectivity index (χ2v) is 2.81. The first kappa shape index (κ1) is 12.5. The summed E-state index contributed by atoms with van der Waals surface area (Å²) in [5.74, 6) is 1.17. The Bertz CT molecular complexity index is 329. The van der Waals surface area contributed by atoms with Crippen molar-refractivity contribution >= 4 is 7.32 Å². The molecular weight excluding hydrogens is 215 g/mol. The molecule has 0 aliphatic rings. The Labute approximate surface area is 93.5 Å². The highest BCUT2D eigenvalue weighted by atomic mass is 16.6.